The highest BCUT2D eigenvalue weighted by Gasteiger charge is 2.35. The average Bonchev–Trinajstić information content (AvgIpc) is 3.06. The number of carbonyl (C=O) groups excluding carboxylic acids is 2. The van der Waals surface area contributed by atoms with Crippen molar-refractivity contribution in [2.75, 3.05) is 25.1 Å². The van der Waals surface area contributed by atoms with Crippen molar-refractivity contribution < 1.29 is 27.5 Å². The van der Waals surface area contributed by atoms with Crippen LogP contribution in [0, 0.1) is 13.8 Å². The summed E-state index contributed by atoms with van der Waals surface area (Å²) in [5.41, 5.74) is 3.96. The molecule has 0 heterocycles. The number of carbonyl (C=O) groups is 2. The number of benzene rings is 4. The van der Waals surface area contributed by atoms with Crippen molar-refractivity contribution in [1.29, 1.82) is 0 Å². The van der Waals surface area contributed by atoms with Crippen LogP contribution in [0.15, 0.2) is 102 Å². The van der Waals surface area contributed by atoms with Gasteiger partial charge in [0.1, 0.15) is 12.6 Å². The predicted molar refractivity (Wildman–Crippen MR) is 184 cm³/mol. The molecule has 4 aromatic rings. The van der Waals surface area contributed by atoms with Crippen LogP contribution in [0.5, 0.6) is 11.5 Å². The lowest BCUT2D eigenvalue weighted by molar-refractivity contribution is -0.140. The van der Waals surface area contributed by atoms with Crippen molar-refractivity contribution in [1.82, 2.24) is 10.2 Å². The first kappa shape index (κ1) is 35.0. The minimum absolute atomic E-state index is 0.0769. The largest absolute Gasteiger partial charge is 0.493 e. The summed E-state index contributed by atoms with van der Waals surface area (Å²) >= 11 is 0. The minimum Gasteiger partial charge on any atom is -0.493 e. The molecule has 0 bridgehead atoms. The monoisotopic (exact) mass is 657 g/mol. The molecule has 10 heteroatoms. The van der Waals surface area contributed by atoms with Crippen LogP contribution in [0.1, 0.15) is 36.1 Å². The first-order chi connectivity index (χ1) is 22.4. The molecular formula is C37H43N3O6S. The highest BCUT2D eigenvalue weighted by molar-refractivity contribution is 7.92. The van der Waals surface area contributed by atoms with Gasteiger partial charge in [0.15, 0.2) is 11.5 Å². The number of rotatable bonds is 14. The standard InChI is InChI=1S/C37H43N3O6S/c1-26(2)38-37(42)33(22-29-10-8-7-9-11-29)39(24-30-16-12-27(3)13-17-30)36(41)25-40(31-18-14-28(4)15-19-31)47(43,44)32-20-21-34(45-5)35(23-32)46-6/h7-21,23,26,33H,22,24-25H2,1-6H3,(H,38,42). The van der Waals surface area contributed by atoms with Gasteiger partial charge in [-0.25, -0.2) is 8.42 Å². The summed E-state index contributed by atoms with van der Waals surface area (Å²) in [5.74, 6) is -0.254. The van der Waals surface area contributed by atoms with Gasteiger partial charge in [0.2, 0.25) is 11.8 Å². The molecule has 1 N–H and O–H groups in total. The molecule has 47 heavy (non-hydrogen) atoms. The van der Waals surface area contributed by atoms with Gasteiger partial charge in [0.05, 0.1) is 24.8 Å². The van der Waals surface area contributed by atoms with Crippen LogP contribution in [0.4, 0.5) is 5.69 Å². The van der Waals surface area contributed by atoms with Gasteiger partial charge in [0, 0.05) is 25.1 Å². The van der Waals surface area contributed by atoms with Gasteiger partial charge in [0.25, 0.3) is 10.0 Å². The van der Waals surface area contributed by atoms with Crippen molar-refractivity contribution in [3.05, 3.63) is 119 Å². The Bertz CT molecular complexity index is 1760. The minimum atomic E-state index is -4.31. The van der Waals surface area contributed by atoms with E-state index >= 15 is 0 Å². The summed E-state index contributed by atoms with van der Waals surface area (Å²) in [6.07, 6.45) is 0.240. The number of sulfonamides is 1. The lowest BCUT2D eigenvalue weighted by Gasteiger charge is -2.34. The molecule has 0 fully saturated rings. The van der Waals surface area contributed by atoms with E-state index in [1.54, 1.807) is 24.3 Å². The highest BCUT2D eigenvalue weighted by Crippen LogP contribution is 2.32. The number of nitrogens with zero attached hydrogens (tertiary/aromatic N) is 2. The molecule has 0 saturated carbocycles. The van der Waals surface area contributed by atoms with E-state index in [-0.39, 0.29) is 35.6 Å². The number of ether oxygens (including phenoxy) is 2. The zero-order valence-electron chi connectivity index (χ0n) is 27.8. The first-order valence-corrected chi connectivity index (χ1v) is 16.9. The molecule has 248 valence electrons. The number of anilines is 1. The van der Waals surface area contributed by atoms with Gasteiger partial charge in [-0.1, -0.05) is 77.9 Å². The molecule has 0 aliphatic rings. The van der Waals surface area contributed by atoms with Crippen LogP contribution in [-0.4, -0.2) is 58.0 Å². The Labute approximate surface area is 278 Å². The molecule has 0 aromatic heterocycles. The van der Waals surface area contributed by atoms with Crippen molar-refractivity contribution in [2.24, 2.45) is 0 Å². The smallest absolute Gasteiger partial charge is 0.264 e. The number of nitrogens with one attached hydrogen (secondary N) is 1. The molecule has 0 spiro atoms. The maximum Gasteiger partial charge on any atom is 0.264 e. The van der Waals surface area contributed by atoms with Crippen molar-refractivity contribution in [3.63, 3.8) is 0 Å². The summed E-state index contributed by atoms with van der Waals surface area (Å²) in [6, 6.07) is 27.3. The molecule has 0 aliphatic carbocycles. The molecular weight excluding hydrogens is 614 g/mol. The van der Waals surface area contributed by atoms with E-state index in [4.69, 9.17) is 9.47 Å². The van der Waals surface area contributed by atoms with Crippen LogP contribution in [-0.2, 0) is 32.6 Å². The van der Waals surface area contributed by atoms with E-state index < -0.39 is 28.5 Å². The van der Waals surface area contributed by atoms with E-state index in [0.29, 0.717) is 11.4 Å². The summed E-state index contributed by atoms with van der Waals surface area (Å²) in [5, 5.41) is 2.97. The summed E-state index contributed by atoms with van der Waals surface area (Å²) in [4.78, 5) is 29.8. The van der Waals surface area contributed by atoms with Gasteiger partial charge >= 0.3 is 0 Å². The van der Waals surface area contributed by atoms with Gasteiger partial charge in [-0.3, -0.25) is 13.9 Å². The Morgan fingerprint density at radius 2 is 1.36 bits per heavy atom. The highest BCUT2D eigenvalue weighted by atomic mass is 32.2. The topological polar surface area (TPSA) is 105 Å². The third kappa shape index (κ3) is 8.92. The number of aryl methyl sites for hydroxylation is 2. The van der Waals surface area contributed by atoms with Gasteiger partial charge in [-0.2, -0.15) is 0 Å². The van der Waals surface area contributed by atoms with E-state index in [9.17, 15) is 18.0 Å². The lowest BCUT2D eigenvalue weighted by Crippen LogP contribution is -2.54. The lowest BCUT2D eigenvalue weighted by atomic mass is 10.0. The maximum atomic E-state index is 14.6. The first-order valence-electron chi connectivity index (χ1n) is 15.4. The van der Waals surface area contributed by atoms with Crippen LogP contribution in [0.3, 0.4) is 0 Å². The Morgan fingerprint density at radius 1 is 0.766 bits per heavy atom. The number of amides is 2. The molecule has 0 saturated heterocycles. The number of hydrogen-bond acceptors (Lipinski definition) is 6. The third-order valence-electron chi connectivity index (χ3n) is 7.72. The Kier molecular flexibility index (Phi) is 11.7. The predicted octanol–water partition coefficient (Wildman–Crippen LogP) is 5.68. The quantitative estimate of drug-likeness (QED) is 0.187. The zero-order valence-corrected chi connectivity index (χ0v) is 28.6. The van der Waals surface area contributed by atoms with Crippen LogP contribution in [0.2, 0.25) is 0 Å². The van der Waals surface area contributed by atoms with Gasteiger partial charge < -0.3 is 19.7 Å². The normalized spacial score (nSPS) is 11.9. The number of methoxy groups -OCH3 is 2. The van der Waals surface area contributed by atoms with Crippen molar-refractivity contribution in [2.45, 2.75) is 57.6 Å². The third-order valence-corrected chi connectivity index (χ3v) is 9.49. The second-order valence-corrected chi connectivity index (χ2v) is 13.6. The Morgan fingerprint density at radius 3 is 1.94 bits per heavy atom. The van der Waals surface area contributed by atoms with E-state index in [1.807, 2.05) is 82.3 Å². The molecule has 2 amide bonds. The van der Waals surface area contributed by atoms with E-state index in [1.165, 1.54) is 37.3 Å². The Balaban J connectivity index is 1.82. The van der Waals surface area contributed by atoms with Crippen LogP contribution in [0.25, 0.3) is 0 Å². The van der Waals surface area contributed by atoms with E-state index in [0.717, 1.165) is 26.6 Å². The fraction of sp³-hybridized carbons (Fsp3) is 0.297. The number of hydrogen-bond donors (Lipinski definition) is 1. The second-order valence-electron chi connectivity index (χ2n) is 11.7. The molecule has 0 aliphatic heterocycles. The summed E-state index contributed by atoms with van der Waals surface area (Å²) < 4.78 is 40.5. The maximum absolute atomic E-state index is 14.6. The fourth-order valence-corrected chi connectivity index (χ4v) is 6.60. The van der Waals surface area contributed by atoms with Crippen LogP contribution < -0.4 is 19.1 Å². The molecule has 4 aromatic carbocycles. The summed E-state index contributed by atoms with van der Waals surface area (Å²) in [6.45, 7) is 7.13. The van der Waals surface area contributed by atoms with Gasteiger partial charge in [-0.05, 0) is 63.1 Å². The zero-order chi connectivity index (χ0) is 34.1. The SMILES string of the molecule is COc1ccc(S(=O)(=O)N(CC(=O)N(Cc2ccc(C)cc2)C(Cc2ccccc2)C(=O)NC(C)C)c2ccc(C)cc2)cc1OC. The van der Waals surface area contributed by atoms with Gasteiger partial charge in [-0.15, -0.1) is 0 Å². The molecule has 1 atom stereocenters. The molecule has 9 nitrogen and oxygen atoms in total. The molecule has 1 unspecified atom stereocenters. The average molecular weight is 658 g/mol. The molecule has 4 rings (SSSR count). The van der Waals surface area contributed by atoms with Crippen LogP contribution >= 0.6 is 0 Å². The van der Waals surface area contributed by atoms with Crippen molar-refractivity contribution in [3.8, 4) is 11.5 Å². The van der Waals surface area contributed by atoms with E-state index in [2.05, 4.69) is 5.32 Å². The fourth-order valence-electron chi connectivity index (χ4n) is 5.17. The Hall–Kier alpha value is -4.83. The molecule has 0 radical (unpaired) electrons. The summed E-state index contributed by atoms with van der Waals surface area (Å²) in [7, 11) is -1.42. The van der Waals surface area contributed by atoms with Crippen molar-refractivity contribution >= 4 is 27.5 Å². The second kappa shape index (κ2) is 15.6.